The lowest BCUT2D eigenvalue weighted by atomic mass is 9.95. The predicted molar refractivity (Wildman–Crippen MR) is 106 cm³/mol. The molecule has 0 aromatic heterocycles. The maximum absolute atomic E-state index is 12.6. The molecule has 1 saturated heterocycles. The number of amides is 2. The fourth-order valence-corrected chi connectivity index (χ4v) is 3.03. The molecule has 6 heteroatoms. The van der Waals surface area contributed by atoms with Gasteiger partial charge in [-0.2, -0.15) is 0 Å². The van der Waals surface area contributed by atoms with Crippen LogP contribution in [0.5, 0.6) is 0 Å². The molecule has 0 spiro atoms. The summed E-state index contributed by atoms with van der Waals surface area (Å²) in [5, 5.41) is 2.73. The van der Waals surface area contributed by atoms with E-state index in [0.717, 1.165) is 24.8 Å². The molecule has 1 fully saturated rings. The van der Waals surface area contributed by atoms with Crippen LogP contribution in [0.4, 0.5) is 15.3 Å². The Balaban J connectivity index is 2.07. The summed E-state index contributed by atoms with van der Waals surface area (Å²) in [4.78, 5) is 26.3. The fourth-order valence-electron chi connectivity index (χ4n) is 3.03. The molecule has 1 N–H and O–H groups in total. The van der Waals surface area contributed by atoms with Gasteiger partial charge in [0.2, 0.25) is 0 Å². The minimum Gasteiger partial charge on any atom is -0.444 e. The summed E-state index contributed by atoms with van der Waals surface area (Å²) in [6.45, 7) is 11.8. The third-order valence-electron chi connectivity index (χ3n) is 4.07. The van der Waals surface area contributed by atoms with Crippen molar-refractivity contribution >= 4 is 17.9 Å². The Hall–Kier alpha value is -2.24. The molecule has 150 valence electrons. The van der Waals surface area contributed by atoms with E-state index in [1.807, 2.05) is 70.7 Å². The van der Waals surface area contributed by atoms with Crippen molar-refractivity contribution in [3.05, 3.63) is 29.8 Å². The molecule has 0 aliphatic carbocycles. The zero-order valence-corrected chi connectivity index (χ0v) is 17.3. The van der Waals surface area contributed by atoms with Crippen LogP contribution >= 0.6 is 0 Å². The largest absolute Gasteiger partial charge is 0.444 e. The van der Waals surface area contributed by atoms with Gasteiger partial charge in [-0.3, -0.25) is 5.32 Å². The monoisotopic (exact) mass is 376 g/mol. The number of hydrogen-bond donors (Lipinski definition) is 1. The van der Waals surface area contributed by atoms with Gasteiger partial charge in [-0.05, 0) is 78.5 Å². The van der Waals surface area contributed by atoms with Crippen LogP contribution in [0.2, 0.25) is 0 Å². The first-order chi connectivity index (χ1) is 12.4. The Morgan fingerprint density at radius 1 is 0.963 bits per heavy atom. The van der Waals surface area contributed by atoms with Crippen LogP contribution in [-0.2, 0) is 9.47 Å². The molecule has 27 heavy (non-hydrogen) atoms. The number of nitrogens with one attached hydrogen (secondary N) is 1. The second-order valence-electron chi connectivity index (χ2n) is 8.93. The molecular formula is C21H32N2O4. The van der Waals surface area contributed by atoms with Gasteiger partial charge >= 0.3 is 12.2 Å². The Kier molecular flexibility index (Phi) is 6.39. The van der Waals surface area contributed by atoms with Crippen molar-refractivity contribution in [1.29, 1.82) is 0 Å². The molecule has 1 heterocycles. The van der Waals surface area contributed by atoms with Crippen LogP contribution in [0.1, 0.15) is 72.4 Å². The van der Waals surface area contributed by atoms with Gasteiger partial charge in [-0.15, -0.1) is 0 Å². The first kappa shape index (κ1) is 21.1. The standard InChI is InChI=1S/C21H32N2O4/c1-20(2,3)26-18(24)22-16-12-10-15(11-13-16)17-9-7-8-14-23(17)19(25)27-21(4,5)6/h10-13,17H,7-9,14H2,1-6H3,(H,22,24)/t17-/m0/s1. The minimum atomic E-state index is -0.542. The van der Waals surface area contributed by atoms with Crippen molar-refractivity contribution in [3.63, 3.8) is 0 Å². The van der Waals surface area contributed by atoms with E-state index in [4.69, 9.17) is 9.47 Å². The number of rotatable bonds is 2. The number of nitrogens with zero attached hydrogens (tertiary/aromatic N) is 1. The van der Waals surface area contributed by atoms with E-state index in [1.54, 1.807) is 0 Å². The van der Waals surface area contributed by atoms with Crippen molar-refractivity contribution in [1.82, 2.24) is 4.90 Å². The van der Waals surface area contributed by atoms with Crippen LogP contribution < -0.4 is 5.32 Å². The third kappa shape index (κ3) is 6.77. The van der Waals surface area contributed by atoms with Crippen molar-refractivity contribution in [3.8, 4) is 0 Å². The van der Waals surface area contributed by atoms with E-state index >= 15 is 0 Å². The highest BCUT2D eigenvalue weighted by atomic mass is 16.6. The second-order valence-corrected chi connectivity index (χ2v) is 8.93. The van der Waals surface area contributed by atoms with Gasteiger partial charge in [0.05, 0.1) is 6.04 Å². The summed E-state index contributed by atoms with van der Waals surface area (Å²) in [7, 11) is 0. The summed E-state index contributed by atoms with van der Waals surface area (Å²) in [5.74, 6) is 0. The van der Waals surface area contributed by atoms with Gasteiger partial charge in [0.15, 0.2) is 0 Å². The summed E-state index contributed by atoms with van der Waals surface area (Å²) >= 11 is 0. The quantitative estimate of drug-likeness (QED) is 0.740. The highest BCUT2D eigenvalue weighted by Crippen LogP contribution is 2.32. The number of carbonyl (C=O) groups excluding carboxylic acids is 2. The molecule has 1 aliphatic heterocycles. The molecule has 1 atom stereocenters. The van der Waals surface area contributed by atoms with E-state index in [9.17, 15) is 9.59 Å². The molecule has 0 saturated carbocycles. The Morgan fingerprint density at radius 3 is 2.11 bits per heavy atom. The molecule has 6 nitrogen and oxygen atoms in total. The zero-order chi connectivity index (χ0) is 20.2. The second kappa shape index (κ2) is 8.19. The molecule has 0 unspecified atom stereocenters. The van der Waals surface area contributed by atoms with Gasteiger partial charge in [0.25, 0.3) is 0 Å². The molecule has 2 rings (SSSR count). The van der Waals surface area contributed by atoms with Crippen LogP contribution in [0.25, 0.3) is 0 Å². The lowest BCUT2D eigenvalue weighted by Gasteiger charge is -2.37. The normalized spacial score (nSPS) is 18.0. The molecule has 1 aliphatic rings. The van der Waals surface area contributed by atoms with E-state index in [1.165, 1.54) is 0 Å². The maximum atomic E-state index is 12.6. The smallest absolute Gasteiger partial charge is 0.412 e. The average molecular weight is 376 g/mol. The molecule has 0 radical (unpaired) electrons. The number of benzene rings is 1. The zero-order valence-electron chi connectivity index (χ0n) is 17.3. The highest BCUT2D eigenvalue weighted by molar-refractivity contribution is 5.84. The highest BCUT2D eigenvalue weighted by Gasteiger charge is 2.31. The van der Waals surface area contributed by atoms with E-state index in [0.29, 0.717) is 12.2 Å². The van der Waals surface area contributed by atoms with Crippen molar-refractivity contribution < 1.29 is 19.1 Å². The number of likely N-dealkylation sites (tertiary alicyclic amines) is 1. The lowest BCUT2D eigenvalue weighted by molar-refractivity contribution is 0.00950. The number of hydrogen-bond acceptors (Lipinski definition) is 4. The third-order valence-corrected chi connectivity index (χ3v) is 4.07. The van der Waals surface area contributed by atoms with Gasteiger partial charge in [0, 0.05) is 12.2 Å². The van der Waals surface area contributed by atoms with E-state index < -0.39 is 17.3 Å². The van der Waals surface area contributed by atoms with Crippen molar-refractivity contribution in [2.45, 2.75) is 78.0 Å². The van der Waals surface area contributed by atoms with Crippen LogP contribution in [0.3, 0.4) is 0 Å². The van der Waals surface area contributed by atoms with E-state index in [-0.39, 0.29) is 12.1 Å². The Labute approximate surface area is 162 Å². The first-order valence-corrected chi connectivity index (χ1v) is 9.54. The SMILES string of the molecule is CC(C)(C)OC(=O)Nc1ccc([C@@H]2CCCCN2C(=O)OC(C)(C)C)cc1. The molecular weight excluding hydrogens is 344 g/mol. The number of carbonyl (C=O) groups is 2. The average Bonchev–Trinajstić information content (AvgIpc) is 2.52. The number of anilines is 1. The summed E-state index contributed by atoms with van der Waals surface area (Å²) in [5.41, 5.74) is 0.642. The van der Waals surface area contributed by atoms with E-state index in [2.05, 4.69) is 5.32 Å². The Bertz CT molecular complexity index is 656. The predicted octanol–water partition coefficient (Wildman–Crippen LogP) is 5.50. The van der Waals surface area contributed by atoms with Gasteiger partial charge < -0.3 is 14.4 Å². The van der Waals surface area contributed by atoms with Crippen LogP contribution in [-0.4, -0.2) is 34.8 Å². The van der Waals surface area contributed by atoms with Gasteiger partial charge in [0.1, 0.15) is 11.2 Å². The molecule has 1 aromatic carbocycles. The lowest BCUT2D eigenvalue weighted by Crippen LogP contribution is -2.41. The van der Waals surface area contributed by atoms with Crippen LogP contribution in [0.15, 0.2) is 24.3 Å². The van der Waals surface area contributed by atoms with Crippen LogP contribution in [0, 0.1) is 0 Å². The van der Waals surface area contributed by atoms with Gasteiger partial charge in [-0.25, -0.2) is 9.59 Å². The van der Waals surface area contributed by atoms with Crippen molar-refractivity contribution in [2.24, 2.45) is 0 Å². The first-order valence-electron chi connectivity index (χ1n) is 9.54. The summed E-state index contributed by atoms with van der Waals surface area (Å²) in [6.07, 6.45) is 2.19. The minimum absolute atomic E-state index is 0.0100. The Morgan fingerprint density at radius 2 is 1.56 bits per heavy atom. The molecule has 1 aromatic rings. The summed E-state index contributed by atoms with van der Waals surface area (Å²) < 4.78 is 10.8. The summed E-state index contributed by atoms with van der Waals surface area (Å²) in [6, 6.07) is 7.55. The van der Waals surface area contributed by atoms with Crippen molar-refractivity contribution in [2.75, 3.05) is 11.9 Å². The molecule has 0 bridgehead atoms. The number of ether oxygens (including phenoxy) is 2. The molecule has 2 amide bonds. The van der Waals surface area contributed by atoms with Gasteiger partial charge in [-0.1, -0.05) is 12.1 Å². The fraction of sp³-hybridized carbons (Fsp3) is 0.619. The number of piperidine rings is 1. The maximum Gasteiger partial charge on any atom is 0.412 e. The topological polar surface area (TPSA) is 67.9 Å².